The summed E-state index contributed by atoms with van der Waals surface area (Å²) in [4.78, 5) is 4.00. The molecular weight excluding hydrogens is 259 g/mol. The normalized spacial score (nSPS) is 12.8. The van der Waals surface area contributed by atoms with E-state index in [9.17, 15) is 0 Å². The number of hydrogen-bond acceptors (Lipinski definition) is 4. The fourth-order valence-corrected chi connectivity index (χ4v) is 1.78. The summed E-state index contributed by atoms with van der Waals surface area (Å²) >= 11 is 11.5. The van der Waals surface area contributed by atoms with E-state index in [1.807, 2.05) is 0 Å². The Balaban J connectivity index is 2.44. The molecule has 4 nitrogen and oxygen atoms in total. The van der Waals surface area contributed by atoms with E-state index in [4.69, 9.17) is 23.2 Å². The van der Waals surface area contributed by atoms with Gasteiger partial charge in [0.2, 0.25) is 5.28 Å². The van der Waals surface area contributed by atoms with Crippen molar-refractivity contribution in [2.24, 2.45) is 5.92 Å². The molecule has 0 saturated carbocycles. The van der Waals surface area contributed by atoms with Crippen molar-refractivity contribution < 1.29 is 0 Å². The third-order valence-electron chi connectivity index (χ3n) is 2.42. The van der Waals surface area contributed by atoms with Gasteiger partial charge in [-0.3, -0.25) is 0 Å². The van der Waals surface area contributed by atoms with Crippen molar-refractivity contribution in [3.8, 4) is 0 Å². The lowest BCUT2D eigenvalue weighted by molar-refractivity contribution is 0.520. The zero-order valence-electron chi connectivity index (χ0n) is 10.4. The maximum absolute atomic E-state index is 5.87. The molecule has 1 heterocycles. The zero-order chi connectivity index (χ0) is 12.8. The predicted octanol–water partition coefficient (Wildman–Crippen LogP) is 3.81. The summed E-state index contributed by atoms with van der Waals surface area (Å²) in [6, 6.07) is 0.291. The van der Waals surface area contributed by atoms with Crippen molar-refractivity contribution in [3.05, 3.63) is 10.4 Å². The Morgan fingerprint density at radius 3 is 2.47 bits per heavy atom. The van der Waals surface area contributed by atoms with Crippen molar-refractivity contribution in [2.75, 3.05) is 5.32 Å². The quantitative estimate of drug-likeness (QED) is 0.859. The summed E-state index contributed by atoms with van der Waals surface area (Å²) in [5, 5.41) is 10.8. The molecule has 0 aromatic carbocycles. The van der Waals surface area contributed by atoms with Crippen molar-refractivity contribution in [3.63, 3.8) is 0 Å². The third kappa shape index (κ3) is 5.50. The van der Waals surface area contributed by atoms with E-state index in [2.05, 4.69) is 41.3 Å². The number of rotatable bonds is 6. The van der Waals surface area contributed by atoms with E-state index in [-0.39, 0.29) is 10.4 Å². The van der Waals surface area contributed by atoms with Gasteiger partial charge in [0, 0.05) is 6.04 Å². The molecule has 0 bridgehead atoms. The van der Waals surface area contributed by atoms with Crippen molar-refractivity contribution in [1.29, 1.82) is 0 Å². The summed E-state index contributed by atoms with van der Waals surface area (Å²) in [5.41, 5.74) is 0. The van der Waals surface area contributed by atoms with Crippen LogP contribution in [0.4, 0.5) is 5.82 Å². The smallest absolute Gasteiger partial charge is 0.245 e. The summed E-state index contributed by atoms with van der Waals surface area (Å²) in [5.74, 6) is 1.24. The molecule has 0 amide bonds. The monoisotopic (exact) mass is 276 g/mol. The van der Waals surface area contributed by atoms with Crippen LogP contribution in [-0.4, -0.2) is 21.2 Å². The first-order valence-corrected chi connectivity index (χ1v) is 6.57. The molecule has 0 radical (unpaired) electrons. The minimum atomic E-state index is 0.103. The van der Waals surface area contributed by atoms with Gasteiger partial charge in [0.1, 0.15) is 0 Å². The third-order valence-corrected chi connectivity index (χ3v) is 2.84. The molecule has 17 heavy (non-hydrogen) atoms. The molecule has 96 valence electrons. The Bertz CT molecular complexity index is 357. The molecule has 1 N–H and O–H groups in total. The number of nitrogens with zero attached hydrogens (tertiary/aromatic N) is 3. The van der Waals surface area contributed by atoms with Crippen LogP contribution < -0.4 is 5.32 Å². The maximum atomic E-state index is 5.87. The second-order valence-corrected chi connectivity index (χ2v) is 5.29. The SMILES string of the molecule is CC(C)CCCC(C)Nc1nc(Cl)nnc1Cl. The van der Waals surface area contributed by atoms with E-state index < -0.39 is 0 Å². The Morgan fingerprint density at radius 1 is 1.12 bits per heavy atom. The van der Waals surface area contributed by atoms with Crippen LogP contribution in [0.15, 0.2) is 0 Å². The first-order chi connectivity index (χ1) is 7.99. The van der Waals surface area contributed by atoms with Crippen LogP contribution in [0.3, 0.4) is 0 Å². The lowest BCUT2D eigenvalue weighted by atomic mass is 10.0. The highest BCUT2D eigenvalue weighted by molar-refractivity contribution is 6.32. The molecule has 1 rings (SSSR count). The van der Waals surface area contributed by atoms with Gasteiger partial charge in [0.05, 0.1) is 0 Å². The summed E-state index contributed by atoms with van der Waals surface area (Å²) in [6.07, 6.45) is 3.47. The largest absolute Gasteiger partial charge is 0.365 e. The maximum Gasteiger partial charge on any atom is 0.245 e. The molecular formula is C11H18Cl2N4. The molecule has 1 aromatic rings. The summed E-state index contributed by atoms with van der Waals surface area (Å²) in [6.45, 7) is 6.54. The number of halogens is 2. The van der Waals surface area contributed by atoms with Gasteiger partial charge in [-0.15, -0.1) is 10.2 Å². The first kappa shape index (κ1) is 14.5. The summed E-state index contributed by atoms with van der Waals surface area (Å²) < 4.78 is 0. The fourth-order valence-electron chi connectivity index (χ4n) is 1.52. The minimum absolute atomic E-state index is 0.103. The average Bonchev–Trinajstić information content (AvgIpc) is 2.23. The van der Waals surface area contributed by atoms with Crippen LogP contribution in [0, 0.1) is 5.92 Å². The second kappa shape index (κ2) is 6.97. The van der Waals surface area contributed by atoms with Crippen LogP contribution in [0.1, 0.15) is 40.0 Å². The lowest BCUT2D eigenvalue weighted by Crippen LogP contribution is -2.17. The van der Waals surface area contributed by atoms with Crippen molar-refractivity contribution in [2.45, 2.75) is 46.1 Å². The zero-order valence-corrected chi connectivity index (χ0v) is 11.9. The molecule has 0 spiro atoms. The van der Waals surface area contributed by atoms with E-state index >= 15 is 0 Å². The Morgan fingerprint density at radius 2 is 1.82 bits per heavy atom. The van der Waals surface area contributed by atoms with Crippen LogP contribution in [0.2, 0.25) is 10.4 Å². The van der Waals surface area contributed by atoms with E-state index in [1.54, 1.807) is 0 Å². The van der Waals surface area contributed by atoms with Gasteiger partial charge < -0.3 is 5.32 Å². The van der Waals surface area contributed by atoms with Gasteiger partial charge in [0.25, 0.3) is 0 Å². The highest BCUT2D eigenvalue weighted by atomic mass is 35.5. The molecule has 1 unspecified atom stereocenters. The molecule has 1 atom stereocenters. The Hall–Kier alpha value is -0.610. The molecule has 0 aliphatic rings. The molecule has 0 aliphatic carbocycles. The molecule has 1 aromatic heterocycles. The summed E-state index contributed by atoms with van der Waals surface area (Å²) in [7, 11) is 0. The molecule has 0 aliphatic heterocycles. The van der Waals surface area contributed by atoms with Gasteiger partial charge in [0.15, 0.2) is 11.0 Å². The Labute approximate surface area is 112 Å². The van der Waals surface area contributed by atoms with Gasteiger partial charge in [-0.1, -0.05) is 38.3 Å². The fraction of sp³-hybridized carbons (Fsp3) is 0.727. The lowest BCUT2D eigenvalue weighted by Gasteiger charge is -2.15. The molecule has 0 fully saturated rings. The highest BCUT2D eigenvalue weighted by Crippen LogP contribution is 2.19. The highest BCUT2D eigenvalue weighted by Gasteiger charge is 2.09. The minimum Gasteiger partial charge on any atom is -0.365 e. The predicted molar refractivity (Wildman–Crippen MR) is 71.6 cm³/mol. The number of hydrogen-bond donors (Lipinski definition) is 1. The van der Waals surface area contributed by atoms with Crippen LogP contribution in [0.5, 0.6) is 0 Å². The van der Waals surface area contributed by atoms with Gasteiger partial charge in [-0.2, -0.15) is 4.98 Å². The standard InChI is InChI=1S/C11H18Cl2N4/c1-7(2)5-4-6-8(3)14-10-9(12)16-17-11(13)15-10/h7-8H,4-6H2,1-3H3,(H,14,15,17). The number of nitrogens with one attached hydrogen (secondary N) is 1. The first-order valence-electron chi connectivity index (χ1n) is 5.81. The van der Waals surface area contributed by atoms with Gasteiger partial charge in [-0.05, 0) is 30.9 Å². The van der Waals surface area contributed by atoms with E-state index in [0.29, 0.717) is 11.9 Å². The van der Waals surface area contributed by atoms with Gasteiger partial charge in [-0.25, -0.2) is 0 Å². The van der Waals surface area contributed by atoms with Crippen LogP contribution in [-0.2, 0) is 0 Å². The second-order valence-electron chi connectivity index (χ2n) is 4.59. The number of aromatic nitrogens is 3. The van der Waals surface area contributed by atoms with Gasteiger partial charge >= 0.3 is 0 Å². The van der Waals surface area contributed by atoms with Crippen LogP contribution >= 0.6 is 23.2 Å². The van der Waals surface area contributed by atoms with Crippen molar-refractivity contribution >= 4 is 29.0 Å². The van der Waals surface area contributed by atoms with E-state index in [0.717, 1.165) is 12.3 Å². The van der Waals surface area contributed by atoms with Crippen LogP contribution in [0.25, 0.3) is 0 Å². The topological polar surface area (TPSA) is 50.7 Å². The van der Waals surface area contributed by atoms with Crippen molar-refractivity contribution in [1.82, 2.24) is 15.2 Å². The number of anilines is 1. The molecule has 0 saturated heterocycles. The van der Waals surface area contributed by atoms with E-state index in [1.165, 1.54) is 12.8 Å². The average molecular weight is 277 g/mol. The molecule has 6 heteroatoms. The Kier molecular flexibility index (Phi) is 5.92.